The highest BCUT2D eigenvalue weighted by molar-refractivity contribution is 6.00. The Hall–Kier alpha value is -3.68. The molecule has 1 N–H and O–H groups in total. The fourth-order valence-corrected chi connectivity index (χ4v) is 3.38. The second-order valence-electron chi connectivity index (χ2n) is 6.31. The van der Waals surface area contributed by atoms with Crippen molar-refractivity contribution in [3.05, 3.63) is 72.1 Å². The molecule has 0 aliphatic heterocycles. The molecule has 1 unspecified atom stereocenters. The van der Waals surface area contributed by atoms with Gasteiger partial charge in [-0.2, -0.15) is 5.10 Å². The molecule has 5 rings (SSSR count). The third kappa shape index (κ3) is 2.80. The molecule has 134 valence electrons. The van der Waals surface area contributed by atoms with Crippen LogP contribution in [0.4, 0.5) is 5.69 Å². The van der Waals surface area contributed by atoms with E-state index in [2.05, 4.69) is 38.8 Å². The molecule has 4 aromatic rings. The van der Waals surface area contributed by atoms with Crippen molar-refractivity contribution in [1.82, 2.24) is 20.0 Å². The summed E-state index contributed by atoms with van der Waals surface area (Å²) in [5.41, 5.74) is 3.19. The van der Waals surface area contributed by atoms with E-state index in [1.165, 1.54) is 17.4 Å². The van der Waals surface area contributed by atoms with E-state index in [9.17, 15) is 4.79 Å². The second-order valence-corrected chi connectivity index (χ2v) is 6.31. The number of amides is 1. The lowest BCUT2D eigenvalue weighted by Gasteiger charge is -2.11. The van der Waals surface area contributed by atoms with Crippen LogP contribution in [0.5, 0.6) is 0 Å². The number of hydrogen-bond donors (Lipinski definition) is 1. The van der Waals surface area contributed by atoms with Crippen LogP contribution in [0.25, 0.3) is 11.7 Å². The van der Waals surface area contributed by atoms with Crippen molar-refractivity contribution in [2.45, 2.75) is 18.9 Å². The maximum atomic E-state index is 12.4. The van der Waals surface area contributed by atoms with E-state index < -0.39 is 5.91 Å². The SMILES string of the molecule is O=C(Nc1cnn(C2CCc3ccccc32)c1)c1nnc(-c2ccco2)o1. The molecular formula is C19H15N5O3. The number of hydrogen-bond acceptors (Lipinski definition) is 6. The zero-order chi connectivity index (χ0) is 18.2. The normalized spacial score (nSPS) is 15.6. The summed E-state index contributed by atoms with van der Waals surface area (Å²) in [6.45, 7) is 0. The van der Waals surface area contributed by atoms with Crippen molar-refractivity contribution in [2.75, 3.05) is 5.32 Å². The van der Waals surface area contributed by atoms with Crippen molar-refractivity contribution in [1.29, 1.82) is 0 Å². The van der Waals surface area contributed by atoms with Gasteiger partial charge in [-0.05, 0) is 36.1 Å². The number of fused-ring (bicyclic) bond motifs is 1. The van der Waals surface area contributed by atoms with Gasteiger partial charge in [0.1, 0.15) is 0 Å². The Labute approximate surface area is 153 Å². The smallest absolute Gasteiger partial charge is 0.313 e. The van der Waals surface area contributed by atoms with E-state index in [4.69, 9.17) is 8.83 Å². The average Bonchev–Trinajstić information content (AvgIpc) is 3.46. The molecular weight excluding hydrogens is 346 g/mol. The van der Waals surface area contributed by atoms with Crippen molar-refractivity contribution >= 4 is 11.6 Å². The van der Waals surface area contributed by atoms with Gasteiger partial charge in [-0.3, -0.25) is 9.48 Å². The van der Waals surface area contributed by atoms with Gasteiger partial charge < -0.3 is 14.2 Å². The Morgan fingerprint density at radius 1 is 1.19 bits per heavy atom. The zero-order valence-electron chi connectivity index (χ0n) is 14.2. The topological polar surface area (TPSA) is 99.0 Å². The minimum absolute atomic E-state index is 0.139. The lowest BCUT2D eigenvalue weighted by molar-refractivity contribution is 0.0990. The Bertz CT molecular complexity index is 1100. The van der Waals surface area contributed by atoms with Crippen molar-refractivity contribution in [3.8, 4) is 11.7 Å². The van der Waals surface area contributed by atoms with Crippen LogP contribution in [0.2, 0.25) is 0 Å². The molecule has 0 spiro atoms. The summed E-state index contributed by atoms with van der Waals surface area (Å²) in [5.74, 6) is -0.0651. The van der Waals surface area contributed by atoms with Crippen LogP contribution in [0.3, 0.4) is 0 Å². The molecule has 1 aliphatic carbocycles. The summed E-state index contributed by atoms with van der Waals surface area (Å²) in [6.07, 6.45) is 6.94. The van der Waals surface area contributed by atoms with Crippen LogP contribution >= 0.6 is 0 Å². The van der Waals surface area contributed by atoms with Crippen LogP contribution in [0.15, 0.2) is 63.9 Å². The maximum absolute atomic E-state index is 12.4. The van der Waals surface area contributed by atoms with Crippen LogP contribution < -0.4 is 5.32 Å². The van der Waals surface area contributed by atoms with E-state index in [1.807, 2.05) is 16.9 Å². The highest BCUT2D eigenvalue weighted by Crippen LogP contribution is 2.34. The third-order valence-corrected chi connectivity index (χ3v) is 4.63. The molecule has 0 saturated heterocycles. The van der Waals surface area contributed by atoms with E-state index in [1.54, 1.807) is 18.3 Å². The minimum atomic E-state index is -0.494. The van der Waals surface area contributed by atoms with Gasteiger partial charge >= 0.3 is 11.8 Å². The Kier molecular flexibility index (Phi) is 3.60. The summed E-state index contributed by atoms with van der Waals surface area (Å²) in [4.78, 5) is 12.4. The highest BCUT2D eigenvalue weighted by Gasteiger charge is 2.24. The molecule has 1 aromatic carbocycles. The highest BCUT2D eigenvalue weighted by atomic mass is 16.4. The Balaban J connectivity index is 1.32. The van der Waals surface area contributed by atoms with Crippen molar-refractivity contribution < 1.29 is 13.6 Å². The van der Waals surface area contributed by atoms with E-state index in [-0.39, 0.29) is 17.8 Å². The lowest BCUT2D eigenvalue weighted by atomic mass is 10.1. The lowest BCUT2D eigenvalue weighted by Crippen LogP contribution is -2.12. The first kappa shape index (κ1) is 15.6. The molecule has 3 aromatic heterocycles. The fraction of sp³-hybridized carbons (Fsp3) is 0.158. The van der Waals surface area contributed by atoms with E-state index in [0.29, 0.717) is 11.4 Å². The standard InChI is InChI=1S/C19H15N5O3/c25-17(19-23-22-18(27-19)16-6-3-9-26-16)21-13-10-20-24(11-13)15-8-7-12-4-1-2-5-14(12)15/h1-6,9-11,15H,7-8H2,(H,21,25). The Morgan fingerprint density at radius 2 is 2.11 bits per heavy atom. The van der Waals surface area contributed by atoms with Gasteiger partial charge in [-0.1, -0.05) is 24.3 Å². The van der Waals surface area contributed by atoms with E-state index >= 15 is 0 Å². The second kappa shape index (κ2) is 6.24. The predicted molar refractivity (Wildman–Crippen MR) is 95.1 cm³/mol. The summed E-state index contributed by atoms with van der Waals surface area (Å²) in [5, 5.41) is 14.7. The molecule has 8 nitrogen and oxygen atoms in total. The molecule has 1 atom stereocenters. The van der Waals surface area contributed by atoms with Crippen LogP contribution in [0, 0.1) is 0 Å². The summed E-state index contributed by atoms with van der Waals surface area (Å²) in [6, 6.07) is 11.9. The summed E-state index contributed by atoms with van der Waals surface area (Å²) < 4.78 is 12.4. The van der Waals surface area contributed by atoms with Gasteiger partial charge in [0.2, 0.25) is 0 Å². The molecule has 8 heteroatoms. The van der Waals surface area contributed by atoms with Gasteiger partial charge in [0.25, 0.3) is 5.89 Å². The molecule has 1 aliphatic rings. The summed E-state index contributed by atoms with van der Waals surface area (Å²) >= 11 is 0. The first-order valence-corrected chi connectivity index (χ1v) is 8.58. The molecule has 0 bridgehead atoms. The van der Waals surface area contributed by atoms with Gasteiger partial charge in [0.15, 0.2) is 5.76 Å². The molecule has 3 heterocycles. The fourth-order valence-electron chi connectivity index (χ4n) is 3.38. The number of carbonyl (C=O) groups is 1. The van der Waals surface area contributed by atoms with Crippen molar-refractivity contribution in [3.63, 3.8) is 0 Å². The first-order valence-electron chi connectivity index (χ1n) is 8.58. The monoisotopic (exact) mass is 361 g/mol. The van der Waals surface area contributed by atoms with Gasteiger partial charge in [0, 0.05) is 6.20 Å². The molecule has 0 saturated carbocycles. The number of rotatable bonds is 4. The van der Waals surface area contributed by atoms with Crippen LogP contribution in [-0.4, -0.2) is 25.9 Å². The number of aryl methyl sites for hydroxylation is 1. The predicted octanol–water partition coefficient (Wildman–Crippen LogP) is 3.31. The zero-order valence-corrected chi connectivity index (χ0v) is 14.2. The minimum Gasteiger partial charge on any atom is -0.459 e. The molecule has 27 heavy (non-hydrogen) atoms. The van der Waals surface area contributed by atoms with Crippen LogP contribution in [-0.2, 0) is 6.42 Å². The number of nitrogens with one attached hydrogen (secondary N) is 1. The molecule has 0 fully saturated rings. The third-order valence-electron chi connectivity index (χ3n) is 4.63. The van der Waals surface area contributed by atoms with E-state index in [0.717, 1.165) is 12.8 Å². The number of anilines is 1. The van der Waals surface area contributed by atoms with Crippen molar-refractivity contribution in [2.24, 2.45) is 0 Å². The molecule has 1 amide bonds. The quantitative estimate of drug-likeness (QED) is 0.599. The average molecular weight is 361 g/mol. The van der Waals surface area contributed by atoms with Crippen LogP contribution in [0.1, 0.15) is 34.3 Å². The summed E-state index contributed by atoms with van der Waals surface area (Å²) in [7, 11) is 0. The number of carbonyl (C=O) groups excluding carboxylic acids is 1. The maximum Gasteiger partial charge on any atom is 0.313 e. The number of aromatic nitrogens is 4. The number of nitrogens with zero attached hydrogens (tertiary/aromatic N) is 4. The number of benzene rings is 1. The van der Waals surface area contributed by atoms with Gasteiger partial charge in [0.05, 0.1) is 24.2 Å². The molecule has 0 radical (unpaired) electrons. The first-order chi connectivity index (χ1) is 13.3. The Morgan fingerprint density at radius 3 is 3.00 bits per heavy atom. The van der Waals surface area contributed by atoms with Gasteiger partial charge in [-0.15, -0.1) is 10.2 Å². The van der Waals surface area contributed by atoms with Gasteiger partial charge in [-0.25, -0.2) is 0 Å². The largest absolute Gasteiger partial charge is 0.459 e. The number of furan rings is 1.